The highest BCUT2D eigenvalue weighted by Crippen LogP contribution is 2.25. The van der Waals surface area contributed by atoms with Crippen LogP contribution in [0.3, 0.4) is 0 Å². The van der Waals surface area contributed by atoms with Crippen LogP contribution in [0.5, 0.6) is 5.75 Å². The highest BCUT2D eigenvalue weighted by molar-refractivity contribution is 7.92. The monoisotopic (exact) mass is 458 g/mol. The number of rotatable bonds is 8. The first-order valence-corrected chi connectivity index (χ1v) is 11.5. The molecule has 0 atom stereocenters. The zero-order chi connectivity index (χ0) is 22.4. The lowest BCUT2D eigenvalue weighted by atomic mass is 10.1. The molecule has 0 heterocycles. The molecule has 0 bridgehead atoms. The minimum absolute atomic E-state index is 0.0261. The van der Waals surface area contributed by atoms with Crippen molar-refractivity contribution < 1.29 is 17.9 Å². The second-order valence-electron chi connectivity index (χ2n) is 6.92. The Balaban J connectivity index is 1.65. The minimum Gasteiger partial charge on any atom is -0.491 e. The van der Waals surface area contributed by atoms with Crippen molar-refractivity contribution >= 4 is 33.2 Å². The Morgan fingerprint density at radius 1 is 1.00 bits per heavy atom. The molecule has 1 amide bonds. The van der Waals surface area contributed by atoms with Gasteiger partial charge in [-0.1, -0.05) is 41.9 Å². The molecule has 0 aliphatic carbocycles. The Hall–Kier alpha value is -3.03. The van der Waals surface area contributed by atoms with Crippen LogP contribution in [0.15, 0.2) is 71.6 Å². The van der Waals surface area contributed by atoms with Crippen LogP contribution < -0.4 is 14.8 Å². The first-order valence-electron chi connectivity index (χ1n) is 9.62. The molecule has 0 aliphatic heterocycles. The molecule has 0 saturated heterocycles. The number of nitrogens with one attached hydrogen (secondary N) is 2. The van der Waals surface area contributed by atoms with Crippen molar-refractivity contribution in [1.82, 2.24) is 5.32 Å². The van der Waals surface area contributed by atoms with Crippen LogP contribution in [-0.4, -0.2) is 27.5 Å². The summed E-state index contributed by atoms with van der Waals surface area (Å²) in [5.41, 5.74) is 2.76. The molecule has 0 spiro atoms. The Labute approximate surface area is 187 Å². The molecule has 0 radical (unpaired) electrons. The maximum Gasteiger partial charge on any atom is 0.263 e. The van der Waals surface area contributed by atoms with Gasteiger partial charge < -0.3 is 10.1 Å². The number of sulfonamides is 1. The number of hydrogen-bond acceptors (Lipinski definition) is 4. The molecule has 2 N–H and O–H groups in total. The summed E-state index contributed by atoms with van der Waals surface area (Å²) in [6.07, 6.45) is 0. The number of para-hydroxylation sites is 1. The van der Waals surface area contributed by atoms with E-state index in [0.29, 0.717) is 5.69 Å². The van der Waals surface area contributed by atoms with Crippen molar-refractivity contribution in [3.05, 3.63) is 88.4 Å². The second-order valence-corrected chi connectivity index (χ2v) is 8.98. The zero-order valence-electron chi connectivity index (χ0n) is 17.2. The van der Waals surface area contributed by atoms with Gasteiger partial charge in [-0.05, 0) is 61.4 Å². The fraction of sp³-hybridized carbons (Fsp3) is 0.174. The summed E-state index contributed by atoms with van der Waals surface area (Å²) in [4.78, 5) is 12.3. The maximum absolute atomic E-state index is 12.7. The SMILES string of the molecule is Cc1cccc(OCCNC(=O)c2ccc(Cl)c(S(=O)(=O)Nc3ccccc3)c2)c1C. The summed E-state index contributed by atoms with van der Waals surface area (Å²) >= 11 is 6.10. The van der Waals surface area contributed by atoms with E-state index in [1.165, 1.54) is 18.2 Å². The van der Waals surface area contributed by atoms with E-state index in [-0.39, 0.29) is 28.6 Å². The van der Waals surface area contributed by atoms with Gasteiger partial charge in [-0.25, -0.2) is 8.42 Å². The summed E-state index contributed by atoms with van der Waals surface area (Å²) in [5, 5.41) is 2.76. The van der Waals surface area contributed by atoms with E-state index in [4.69, 9.17) is 16.3 Å². The number of halogens is 1. The van der Waals surface area contributed by atoms with E-state index < -0.39 is 15.9 Å². The van der Waals surface area contributed by atoms with E-state index in [1.807, 2.05) is 32.0 Å². The Bertz CT molecular complexity index is 1180. The molecule has 0 aromatic heterocycles. The van der Waals surface area contributed by atoms with E-state index in [1.54, 1.807) is 30.3 Å². The topological polar surface area (TPSA) is 84.5 Å². The van der Waals surface area contributed by atoms with Crippen LogP contribution in [0.1, 0.15) is 21.5 Å². The van der Waals surface area contributed by atoms with Crippen LogP contribution in [0.25, 0.3) is 0 Å². The standard InChI is InChI=1S/C23H23ClN2O4S/c1-16-7-6-10-21(17(16)2)30-14-13-25-23(27)18-11-12-20(24)22(15-18)31(28,29)26-19-8-4-3-5-9-19/h3-12,15,26H,13-14H2,1-2H3,(H,25,27). The third-order valence-electron chi connectivity index (χ3n) is 4.71. The van der Waals surface area contributed by atoms with Crippen LogP contribution in [-0.2, 0) is 10.0 Å². The fourth-order valence-corrected chi connectivity index (χ4v) is 4.46. The van der Waals surface area contributed by atoms with Gasteiger partial charge in [-0.2, -0.15) is 0 Å². The minimum atomic E-state index is -3.96. The van der Waals surface area contributed by atoms with E-state index in [2.05, 4.69) is 10.0 Å². The largest absolute Gasteiger partial charge is 0.491 e. The zero-order valence-corrected chi connectivity index (χ0v) is 18.8. The van der Waals surface area contributed by atoms with Crippen LogP contribution in [0.2, 0.25) is 5.02 Å². The predicted octanol–water partition coefficient (Wildman–Crippen LogP) is 4.57. The van der Waals surface area contributed by atoms with Crippen molar-refractivity contribution in [2.45, 2.75) is 18.7 Å². The van der Waals surface area contributed by atoms with Gasteiger partial charge in [-0.3, -0.25) is 9.52 Å². The molecule has 3 rings (SSSR count). The quantitative estimate of drug-likeness (QED) is 0.484. The second kappa shape index (κ2) is 9.85. The molecular weight excluding hydrogens is 436 g/mol. The molecule has 8 heteroatoms. The van der Waals surface area contributed by atoms with Gasteiger partial charge in [0, 0.05) is 11.3 Å². The van der Waals surface area contributed by atoms with Crippen LogP contribution in [0.4, 0.5) is 5.69 Å². The summed E-state index contributed by atoms with van der Waals surface area (Å²) < 4.78 is 33.6. The molecule has 6 nitrogen and oxygen atoms in total. The lowest BCUT2D eigenvalue weighted by Gasteiger charge is -2.13. The van der Waals surface area contributed by atoms with Crippen molar-refractivity contribution in [3.63, 3.8) is 0 Å². The first-order chi connectivity index (χ1) is 14.8. The highest BCUT2D eigenvalue weighted by atomic mass is 35.5. The van der Waals surface area contributed by atoms with E-state index in [0.717, 1.165) is 16.9 Å². The predicted molar refractivity (Wildman–Crippen MR) is 122 cm³/mol. The number of amides is 1. The summed E-state index contributed by atoms with van der Waals surface area (Å²) in [6.45, 7) is 4.52. The van der Waals surface area contributed by atoms with Gasteiger partial charge in [0.1, 0.15) is 17.3 Å². The molecule has 3 aromatic carbocycles. The Morgan fingerprint density at radius 3 is 2.48 bits per heavy atom. The van der Waals surface area contributed by atoms with E-state index in [9.17, 15) is 13.2 Å². The molecule has 0 unspecified atom stereocenters. The van der Waals surface area contributed by atoms with Gasteiger partial charge in [-0.15, -0.1) is 0 Å². The lowest BCUT2D eigenvalue weighted by molar-refractivity contribution is 0.0946. The number of aryl methyl sites for hydroxylation is 1. The van der Waals surface area contributed by atoms with Crippen LogP contribution >= 0.6 is 11.6 Å². The van der Waals surface area contributed by atoms with Gasteiger partial charge in [0.05, 0.1) is 11.6 Å². The third-order valence-corrected chi connectivity index (χ3v) is 6.57. The normalized spacial score (nSPS) is 11.1. The summed E-state index contributed by atoms with van der Waals surface area (Å²) in [7, 11) is -3.96. The van der Waals surface area contributed by atoms with Gasteiger partial charge in [0.25, 0.3) is 15.9 Å². The van der Waals surface area contributed by atoms with E-state index >= 15 is 0 Å². The Morgan fingerprint density at radius 2 is 1.74 bits per heavy atom. The van der Waals surface area contributed by atoms with Crippen molar-refractivity contribution in [2.75, 3.05) is 17.9 Å². The Kier molecular flexibility index (Phi) is 7.20. The average molecular weight is 459 g/mol. The van der Waals surface area contributed by atoms with Crippen LogP contribution in [0, 0.1) is 13.8 Å². The molecule has 3 aromatic rings. The average Bonchev–Trinajstić information content (AvgIpc) is 2.74. The van der Waals surface area contributed by atoms with Crippen molar-refractivity contribution in [3.8, 4) is 5.75 Å². The molecular formula is C23H23ClN2O4S. The number of ether oxygens (including phenoxy) is 1. The number of anilines is 1. The molecule has 31 heavy (non-hydrogen) atoms. The van der Waals surface area contributed by atoms with Gasteiger partial charge in [0.2, 0.25) is 0 Å². The molecule has 162 valence electrons. The number of hydrogen-bond donors (Lipinski definition) is 2. The van der Waals surface area contributed by atoms with Gasteiger partial charge in [0.15, 0.2) is 0 Å². The number of benzene rings is 3. The first kappa shape index (κ1) is 22.7. The van der Waals surface area contributed by atoms with Gasteiger partial charge >= 0.3 is 0 Å². The third kappa shape index (κ3) is 5.77. The summed E-state index contributed by atoms with van der Waals surface area (Å²) in [5.74, 6) is 0.346. The molecule has 0 aliphatic rings. The van der Waals surface area contributed by atoms with Crippen molar-refractivity contribution in [2.24, 2.45) is 0 Å². The number of carbonyl (C=O) groups excluding carboxylic acids is 1. The van der Waals surface area contributed by atoms with Crippen molar-refractivity contribution in [1.29, 1.82) is 0 Å². The smallest absolute Gasteiger partial charge is 0.263 e. The summed E-state index contributed by atoms with van der Waals surface area (Å²) in [6, 6.07) is 18.4. The lowest BCUT2D eigenvalue weighted by Crippen LogP contribution is -2.28. The fourth-order valence-electron chi connectivity index (χ4n) is 2.88. The maximum atomic E-state index is 12.7. The highest BCUT2D eigenvalue weighted by Gasteiger charge is 2.20. The number of carbonyl (C=O) groups is 1. The molecule has 0 fully saturated rings. The molecule has 0 saturated carbocycles.